The van der Waals surface area contributed by atoms with Gasteiger partial charge in [-0.05, 0) is 18.4 Å². The summed E-state index contributed by atoms with van der Waals surface area (Å²) in [4.78, 5) is 11.8. The van der Waals surface area contributed by atoms with Gasteiger partial charge in [0, 0.05) is 0 Å². The molecule has 2 atom stereocenters. The van der Waals surface area contributed by atoms with Crippen LogP contribution in [0.1, 0.15) is 38.3 Å². The van der Waals surface area contributed by atoms with Crippen molar-refractivity contribution in [3.8, 4) is 6.07 Å². The Balaban J connectivity index is 2.72. The van der Waals surface area contributed by atoms with E-state index in [9.17, 15) is 4.79 Å². The highest BCUT2D eigenvalue weighted by Crippen LogP contribution is 2.16. The molecule has 2 unspecified atom stereocenters. The largest absolute Gasteiger partial charge is 0.348 e. The zero-order valence-corrected chi connectivity index (χ0v) is 10.3. The van der Waals surface area contributed by atoms with Gasteiger partial charge in [0.1, 0.15) is 5.92 Å². The van der Waals surface area contributed by atoms with Crippen LogP contribution in [-0.4, -0.2) is 5.91 Å². The third-order valence-electron chi connectivity index (χ3n) is 2.81. The van der Waals surface area contributed by atoms with Crippen LogP contribution in [0.3, 0.4) is 0 Å². The van der Waals surface area contributed by atoms with Crippen LogP contribution in [0.5, 0.6) is 0 Å². The van der Waals surface area contributed by atoms with E-state index in [-0.39, 0.29) is 11.9 Å². The van der Waals surface area contributed by atoms with Gasteiger partial charge in [0.05, 0.1) is 12.1 Å². The normalized spacial score (nSPS) is 13.5. The van der Waals surface area contributed by atoms with Crippen LogP contribution in [0.4, 0.5) is 0 Å². The second-order valence-electron chi connectivity index (χ2n) is 3.97. The summed E-state index contributed by atoms with van der Waals surface area (Å²) in [5.41, 5.74) is 1.08. The number of benzene rings is 1. The van der Waals surface area contributed by atoms with Crippen molar-refractivity contribution in [2.45, 2.75) is 32.7 Å². The average Bonchev–Trinajstić information content (AvgIpc) is 2.38. The molecule has 0 spiro atoms. The first kappa shape index (κ1) is 13.2. The minimum Gasteiger partial charge on any atom is -0.348 e. The predicted octanol–water partition coefficient (Wildman–Crippen LogP) is 2.80. The summed E-state index contributed by atoms with van der Waals surface area (Å²) in [6.07, 6.45) is 1.37. The fourth-order valence-corrected chi connectivity index (χ4v) is 1.71. The van der Waals surface area contributed by atoms with Crippen LogP contribution in [0.15, 0.2) is 30.3 Å². The Morgan fingerprint density at radius 3 is 2.41 bits per heavy atom. The lowest BCUT2D eigenvalue weighted by Gasteiger charge is -2.18. The fraction of sp³-hybridized carbons (Fsp3) is 0.429. The van der Waals surface area contributed by atoms with Gasteiger partial charge in [-0.3, -0.25) is 4.79 Å². The van der Waals surface area contributed by atoms with Crippen LogP contribution < -0.4 is 5.32 Å². The van der Waals surface area contributed by atoms with E-state index in [0.29, 0.717) is 6.42 Å². The molecule has 1 N–H and O–H groups in total. The molecule has 0 fully saturated rings. The second kappa shape index (κ2) is 6.70. The number of carbonyl (C=O) groups is 1. The molecule has 1 rings (SSSR count). The number of amides is 1. The van der Waals surface area contributed by atoms with E-state index in [2.05, 4.69) is 5.32 Å². The molecule has 0 heterocycles. The van der Waals surface area contributed by atoms with Crippen molar-refractivity contribution in [1.82, 2.24) is 5.32 Å². The summed E-state index contributed by atoms with van der Waals surface area (Å²) < 4.78 is 0. The first-order chi connectivity index (χ1) is 8.22. The van der Waals surface area contributed by atoms with Crippen LogP contribution in [0, 0.1) is 17.2 Å². The van der Waals surface area contributed by atoms with Crippen molar-refractivity contribution in [2.24, 2.45) is 5.92 Å². The van der Waals surface area contributed by atoms with E-state index in [1.54, 1.807) is 0 Å². The number of hydrogen-bond acceptors (Lipinski definition) is 2. The van der Waals surface area contributed by atoms with Crippen LogP contribution >= 0.6 is 0 Å². The molecule has 0 aliphatic carbocycles. The Bertz CT molecular complexity index is 394. The lowest BCUT2D eigenvalue weighted by atomic mass is 10.0. The smallest absolute Gasteiger partial charge is 0.237 e. The zero-order chi connectivity index (χ0) is 12.7. The van der Waals surface area contributed by atoms with Gasteiger partial charge in [-0.15, -0.1) is 0 Å². The third-order valence-corrected chi connectivity index (χ3v) is 2.81. The molecule has 0 radical (unpaired) electrons. The van der Waals surface area contributed by atoms with Crippen LogP contribution in [-0.2, 0) is 4.79 Å². The van der Waals surface area contributed by atoms with Crippen molar-refractivity contribution in [3.63, 3.8) is 0 Å². The van der Waals surface area contributed by atoms with Crippen molar-refractivity contribution in [3.05, 3.63) is 35.9 Å². The Kier molecular flexibility index (Phi) is 5.22. The van der Waals surface area contributed by atoms with Gasteiger partial charge in [-0.25, -0.2) is 0 Å². The van der Waals surface area contributed by atoms with Crippen molar-refractivity contribution >= 4 is 5.91 Å². The van der Waals surface area contributed by atoms with Crippen molar-refractivity contribution in [1.29, 1.82) is 5.26 Å². The molecular weight excluding hydrogens is 212 g/mol. The van der Waals surface area contributed by atoms with E-state index >= 15 is 0 Å². The molecule has 1 aromatic carbocycles. The molecule has 1 amide bonds. The van der Waals surface area contributed by atoms with Gasteiger partial charge < -0.3 is 5.32 Å². The summed E-state index contributed by atoms with van der Waals surface area (Å²) in [6, 6.07) is 11.8. The number of nitrogens with one attached hydrogen (secondary N) is 1. The minimum absolute atomic E-state index is 0.00824. The average molecular weight is 230 g/mol. The first-order valence-electron chi connectivity index (χ1n) is 5.97. The number of carbonyl (C=O) groups excluding carboxylic acids is 1. The van der Waals surface area contributed by atoms with E-state index in [1.807, 2.05) is 50.2 Å². The van der Waals surface area contributed by atoms with E-state index in [0.717, 1.165) is 12.0 Å². The summed E-state index contributed by atoms with van der Waals surface area (Å²) in [5, 5.41) is 11.8. The first-order valence-corrected chi connectivity index (χ1v) is 5.97. The molecule has 0 aliphatic heterocycles. The molecule has 0 bridgehead atoms. The topological polar surface area (TPSA) is 52.9 Å². The van der Waals surface area contributed by atoms with Crippen LogP contribution in [0.25, 0.3) is 0 Å². The summed E-state index contributed by atoms with van der Waals surface area (Å²) in [5.74, 6) is -0.724. The Morgan fingerprint density at radius 2 is 1.94 bits per heavy atom. The number of rotatable bonds is 5. The molecular formula is C14H18N2O. The number of nitrogens with zero attached hydrogens (tertiary/aromatic N) is 1. The maximum absolute atomic E-state index is 11.8. The quantitative estimate of drug-likeness (QED) is 0.845. The van der Waals surface area contributed by atoms with Gasteiger partial charge >= 0.3 is 0 Å². The minimum atomic E-state index is -0.548. The van der Waals surface area contributed by atoms with E-state index < -0.39 is 5.92 Å². The maximum atomic E-state index is 11.8. The lowest BCUT2D eigenvalue weighted by Crippen LogP contribution is -2.33. The Labute approximate surface area is 102 Å². The molecule has 17 heavy (non-hydrogen) atoms. The van der Waals surface area contributed by atoms with Gasteiger partial charge in [0.2, 0.25) is 5.91 Å². The standard InChI is InChI=1S/C14H18N2O/c1-3-11(10-15)14(17)16-13(4-2)12-8-6-5-7-9-12/h5-9,11,13H,3-4H2,1-2H3,(H,16,17). The zero-order valence-electron chi connectivity index (χ0n) is 10.3. The van der Waals surface area contributed by atoms with E-state index in [1.165, 1.54) is 0 Å². The summed E-state index contributed by atoms with van der Waals surface area (Å²) >= 11 is 0. The number of hydrogen-bond donors (Lipinski definition) is 1. The summed E-state index contributed by atoms with van der Waals surface area (Å²) in [7, 11) is 0. The molecule has 0 saturated carbocycles. The molecule has 3 heteroatoms. The Morgan fingerprint density at radius 1 is 1.29 bits per heavy atom. The molecule has 0 saturated heterocycles. The molecule has 3 nitrogen and oxygen atoms in total. The highest BCUT2D eigenvalue weighted by Gasteiger charge is 2.19. The highest BCUT2D eigenvalue weighted by atomic mass is 16.1. The number of nitriles is 1. The van der Waals surface area contributed by atoms with Crippen LogP contribution in [0.2, 0.25) is 0 Å². The SMILES string of the molecule is CCC(C#N)C(=O)NC(CC)c1ccccc1. The second-order valence-corrected chi connectivity index (χ2v) is 3.97. The monoisotopic (exact) mass is 230 g/mol. The van der Waals surface area contributed by atoms with Crippen molar-refractivity contribution < 1.29 is 4.79 Å². The lowest BCUT2D eigenvalue weighted by molar-refractivity contribution is -0.124. The molecule has 0 aliphatic rings. The van der Waals surface area contributed by atoms with E-state index in [4.69, 9.17) is 5.26 Å². The molecule has 0 aromatic heterocycles. The van der Waals surface area contributed by atoms with Gasteiger partial charge in [0.25, 0.3) is 0 Å². The maximum Gasteiger partial charge on any atom is 0.237 e. The van der Waals surface area contributed by atoms with Gasteiger partial charge in [0.15, 0.2) is 0 Å². The predicted molar refractivity (Wildman–Crippen MR) is 67.0 cm³/mol. The summed E-state index contributed by atoms with van der Waals surface area (Å²) in [6.45, 7) is 3.86. The van der Waals surface area contributed by atoms with Crippen molar-refractivity contribution in [2.75, 3.05) is 0 Å². The molecule has 1 aromatic rings. The van der Waals surface area contributed by atoms with Gasteiger partial charge in [-0.2, -0.15) is 5.26 Å². The molecule has 90 valence electrons. The Hall–Kier alpha value is -1.82. The third kappa shape index (κ3) is 3.60. The van der Waals surface area contributed by atoms with Gasteiger partial charge in [-0.1, -0.05) is 44.2 Å². The highest BCUT2D eigenvalue weighted by molar-refractivity contribution is 5.81. The fourth-order valence-electron chi connectivity index (χ4n) is 1.71.